The largest absolute Gasteiger partial charge is 0.300 e. The quantitative estimate of drug-likeness (QED) is 0.698. The molecule has 3 atom stereocenters. The van der Waals surface area contributed by atoms with E-state index in [1.807, 2.05) is 0 Å². The van der Waals surface area contributed by atoms with Crippen molar-refractivity contribution < 1.29 is 0 Å². The molecule has 1 heteroatoms. The predicted molar refractivity (Wildman–Crippen MR) is 66.6 cm³/mol. The molecule has 0 aliphatic heterocycles. The van der Waals surface area contributed by atoms with Crippen LogP contribution in [-0.4, -0.2) is 12.1 Å². The topological polar surface area (TPSA) is 12.0 Å². The van der Waals surface area contributed by atoms with Crippen LogP contribution < -0.4 is 5.32 Å². The Morgan fingerprint density at radius 2 is 1.93 bits per heavy atom. The summed E-state index contributed by atoms with van der Waals surface area (Å²) < 4.78 is 0. The van der Waals surface area contributed by atoms with Gasteiger partial charge in [-0.15, -0.1) is 6.42 Å². The molecule has 1 fully saturated rings. The lowest BCUT2D eigenvalue weighted by Gasteiger charge is -2.37. The normalized spacial score (nSPS) is 33.3. The maximum Gasteiger partial charge on any atom is 0.0689 e. The van der Waals surface area contributed by atoms with Gasteiger partial charge in [0.1, 0.15) is 0 Å². The standard InChI is InChI=1S/C14H25N/c1-5-8-13(6-2)15-14-11(3)9-7-10-12(14)4/h2,11-15H,5,7-10H2,1,3-4H3. The van der Waals surface area contributed by atoms with Gasteiger partial charge in [0.25, 0.3) is 0 Å². The average molecular weight is 207 g/mol. The summed E-state index contributed by atoms with van der Waals surface area (Å²) in [4.78, 5) is 0. The summed E-state index contributed by atoms with van der Waals surface area (Å²) in [5, 5.41) is 3.67. The lowest BCUT2D eigenvalue weighted by Crippen LogP contribution is -2.47. The first-order chi connectivity index (χ1) is 7.19. The van der Waals surface area contributed by atoms with E-state index >= 15 is 0 Å². The van der Waals surface area contributed by atoms with Gasteiger partial charge < -0.3 is 5.32 Å². The van der Waals surface area contributed by atoms with E-state index in [9.17, 15) is 0 Å². The van der Waals surface area contributed by atoms with Crippen LogP contribution in [0.3, 0.4) is 0 Å². The second kappa shape index (κ2) is 6.18. The maximum absolute atomic E-state index is 5.55. The summed E-state index contributed by atoms with van der Waals surface area (Å²) in [7, 11) is 0. The van der Waals surface area contributed by atoms with E-state index in [1.54, 1.807) is 0 Å². The van der Waals surface area contributed by atoms with Crippen molar-refractivity contribution in [3.63, 3.8) is 0 Å². The Bertz CT molecular complexity index is 206. The highest BCUT2D eigenvalue weighted by atomic mass is 15.0. The van der Waals surface area contributed by atoms with E-state index in [1.165, 1.54) is 19.3 Å². The molecule has 0 bridgehead atoms. The second-order valence-electron chi connectivity index (χ2n) is 5.09. The fourth-order valence-electron chi connectivity index (χ4n) is 2.75. The van der Waals surface area contributed by atoms with Crippen LogP contribution in [-0.2, 0) is 0 Å². The number of nitrogens with one attached hydrogen (secondary N) is 1. The summed E-state index contributed by atoms with van der Waals surface area (Å²) in [5.41, 5.74) is 0. The van der Waals surface area contributed by atoms with Gasteiger partial charge in [-0.2, -0.15) is 0 Å². The zero-order chi connectivity index (χ0) is 11.3. The molecule has 0 spiro atoms. The van der Waals surface area contributed by atoms with Crippen LogP contribution in [0.5, 0.6) is 0 Å². The molecule has 0 radical (unpaired) electrons. The molecule has 1 nitrogen and oxygen atoms in total. The van der Waals surface area contributed by atoms with E-state index < -0.39 is 0 Å². The van der Waals surface area contributed by atoms with Crippen molar-refractivity contribution in [3.8, 4) is 12.3 Å². The Hall–Kier alpha value is -0.480. The highest BCUT2D eigenvalue weighted by molar-refractivity contribution is 5.01. The minimum atomic E-state index is 0.281. The van der Waals surface area contributed by atoms with Crippen LogP contribution in [0.1, 0.15) is 52.9 Å². The Kier molecular flexibility index (Phi) is 5.19. The first-order valence-corrected chi connectivity index (χ1v) is 6.41. The van der Waals surface area contributed by atoms with Gasteiger partial charge >= 0.3 is 0 Å². The average Bonchev–Trinajstić information content (AvgIpc) is 2.22. The lowest BCUT2D eigenvalue weighted by atomic mass is 9.78. The Balaban J connectivity index is 2.50. The molecule has 86 valence electrons. The Labute approximate surface area is 95.0 Å². The smallest absolute Gasteiger partial charge is 0.0689 e. The zero-order valence-electron chi connectivity index (χ0n) is 10.4. The van der Waals surface area contributed by atoms with Crippen molar-refractivity contribution >= 4 is 0 Å². The molecule has 3 unspecified atom stereocenters. The van der Waals surface area contributed by atoms with Crippen molar-refractivity contribution in [2.75, 3.05) is 0 Å². The van der Waals surface area contributed by atoms with Crippen LogP contribution in [0.25, 0.3) is 0 Å². The molecule has 0 aromatic heterocycles. The van der Waals surface area contributed by atoms with E-state index in [0.717, 1.165) is 24.7 Å². The summed E-state index contributed by atoms with van der Waals surface area (Å²) in [6, 6.07) is 0.911. The highest BCUT2D eigenvalue weighted by Gasteiger charge is 2.28. The lowest BCUT2D eigenvalue weighted by molar-refractivity contribution is 0.199. The molecule has 1 aliphatic carbocycles. The molecule has 15 heavy (non-hydrogen) atoms. The van der Waals surface area contributed by atoms with Crippen molar-refractivity contribution in [2.24, 2.45) is 11.8 Å². The van der Waals surface area contributed by atoms with Gasteiger partial charge in [0, 0.05) is 6.04 Å². The molecule has 0 saturated heterocycles. The SMILES string of the molecule is C#CC(CCC)NC1C(C)CCCC1C. The minimum Gasteiger partial charge on any atom is -0.300 e. The van der Waals surface area contributed by atoms with Gasteiger partial charge in [0.15, 0.2) is 0 Å². The highest BCUT2D eigenvalue weighted by Crippen LogP contribution is 2.29. The van der Waals surface area contributed by atoms with E-state index in [2.05, 4.69) is 32.0 Å². The third-order valence-electron chi connectivity index (χ3n) is 3.72. The minimum absolute atomic E-state index is 0.281. The van der Waals surface area contributed by atoms with Gasteiger partial charge in [-0.25, -0.2) is 0 Å². The first-order valence-electron chi connectivity index (χ1n) is 6.41. The number of rotatable bonds is 4. The van der Waals surface area contributed by atoms with Crippen molar-refractivity contribution in [1.82, 2.24) is 5.32 Å². The number of hydrogen-bond acceptors (Lipinski definition) is 1. The Morgan fingerprint density at radius 1 is 1.33 bits per heavy atom. The number of hydrogen-bond donors (Lipinski definition) is 1. The second-order valence-corrected chi connectivity index (χ2v) is 5.09. The summed E-state index contributed by atoms with van der Waals surface area (Å²) in [5.74, 6) is 4.44. The fourth-order valence-corrected chi connectivity index (χ4v) is 2.75. The Morgan fingerprint density at radius 3 is 2.40 bits per heavy atom. The van der Waals surface area contributed by atoms with Gasteiger partial charge in [0.05, 0.1) is 6.04 Å². The summed E-state index contributed by atoms with van der Waals surface area (Å²) in [6.07, 6.45) is 11.9. The molecule has 1 rings (SSSR count). The third kappa shape index (κ3) is 3.54. The molecule has 0 amide bonds. The predicted octanol–water partition coefficient (Wildman–Crippen LogP) is 3.20. The van der Waals surface area contributed by atoms with E-state index in [-0.39, 0.29) is 6.04 Å². The van der Waals surface area contributed by atoms with Crippen molar-refractivity contribution in [2.45, 2.75) is 65.0 Å². The number of terminal acetylenes is 1. The van der Waals surface area contributed by atoms with Crippen molar-refractivity contribution in [3.05, 3.63) is 0 Å². The van der Waals surface area contributed by atoms with Crippen LogP contribution in [0.2, 0.25) is 0 Å². The van der Waals surface area contributed by atoms with E-state index in [0.29, 0.717) is 6.04 Å². The molecule has 1 N–H and O–H groups in total. The first kappa shape index (κ1) is 12.6. The fraction of sp³-hybridized carbons (Fsp3) is 0.857. The molecule has 1 saturated carbocycles. The monoisotopic (exact) mass is 207 g/mol. The molecular weight excluding hydrogens is 182 g/mol. The van der Waals surface area contributed by atoms with Gasteiger partial charge in [-0.05, 0) is 31.1 Å². The van der Waals surface area contributed by atoms with Crippen LogP contribution in [0.15, 0.2) is 0 Å². The molecule has 0 heterocycles. The molecular formula is C14H25N. The van der Waals surface area contributed by atoms with Gasteiger partial charge in [0.2, 0.25) is 0 Å². The van der Waals surface area contributed by atoms with Crippen LogP contribution in [0, 0.1) is 24.2 Å². The van der Waals surface area contributed by atoms with Gasteiger partial charge in [-0.3, -0.25) is 0 Å². The van der Waals surface area contributed by atoms with Gasteiger partial charge in [-0.1, -0.05) is 39.5 Å². The summed E-state index contributed by atoms with van der Waals surface area (Å²) >= 11 is 0. The van der Waals surface area contributed by atoms with E-state index in [4.69, 9.17) is 6.42 Å². The third-order valence-corrected chi connectivity index (χ3v) is 3.72. The summed E-state index contributed by atoms with van der Waals surface area (Å²) in [6.45, 7) is 6.90. The van der Waals surface area contributed by atoms with Crippen LogP contribution in [0.4, 0.5) is 0 Å². The molecule has 1 aliphatic rings. The van der Waals surface area contributed by atoms with Crippen LogP contribution >= 0.6 is 0 Å². The zero-order valence-corrected chi connectivity index (χ0v) is 10.4. The maximum atomic E-state index is 5.55. The molecule has 0 aromatic rings. The molecule has 0 aromatic carbocycles. The van der Waals surface area contributed by atoms with Crippen molar-refractivity contribution in [1.29, 1.82) is 0 Å².